The molecular formula is C14H26O. The Balaban J connectivity index is 2.00. The van der Waals surface area contributed by atoms with Gasteiger partial charge in [0.05, 0.1) is 5.60 Å². The normalized spacial score (nSPS) is 38.8. The van der Waals surface area contributed by atoms with Crippen LogP contribution in [0.3, 0.4) is 0 Å². The van der Waals surface area contributed by atoms with Crippen molar-refractivity contribution >= 4 is 0 Å². The van der Waals surface area contributed by atoms with Crippen LogP contribution in [-0.4, -0.2) is 10.7 Å². The van der Waals surface area contributed by atoms with Gasteiger partial charge >= 0.3 is 0 Å². The monoisotopic (exact) mass is 210 g/mol. The van der Waals surface area contributed by atoms with Crippen LogP contribution in [0.2, 0.25) is 0 Å². The van der Waals surface area contributed by atoms with Crippen molar-refractivity contribution < 1.29 is 5.11 Å². The lowest BCUT2D eigenvalue weighted by Crippen LogP contribution is -2.42. The van der Waals surface area contributed by atoms with Crippen molar-refractivity contribution in [2.75, 3.05) is 0 Å². The molecule has 15 heavy (non-hydrogen) atoms. The van der Waals surface area contributed by atoms with Crippen LogP contribution in [0, 0.1) is 17.8 Å². The second kappa shape index (κ2) is 4.45. The smallest absolute Gasteiger partial charge is 0.0678 e. The van der Waals surface area contributed by atoms with Gasteiger partial charge in [-0.05, 0) is 49.9 Å². The van der Waals surface area contributed by atoms with E-state index >= 15 is 0 Å². The maximum atomic E-state index is 10.8. The largest absolute Gasteiger partial charge is 0.390 e. The maximum absolute atomic E-state index is 10.8. The maximum Gasteiger partial charge on any atom is 0.0678 e. The molecular weight excluding hydrogens is 184 g/mol. The Bertz CT molecular complexity index is 205. The van der Waals surface area contributed by atoms with Crippen molar-refractivity contribution in [3.8, 4) is 0 Å². The Morgan fingerprint density at radius 2 is 1.73 bits per heavy atom. The van der Waals surface area contributed by atoms with E-state index in [-0.39, 0.29) is 5.60 Å². The minimum atomic E-state index is -0.288. The highest BCUT2D eigenvalue weighted by molar-refractivity contribution is 4.94. The van der Waals surface area contributed by atoms with Gasteiger partial charge in [-0.3, -0.25) is 0 Å². The fourth-order valence-corrected chi connectivity index (χ4v) is 3.73. The summed E-state index contributed by atoms with van der Waals surface area (Å²) in [6.07, 6.45) is 9.99. The molecule has 1 nitrogen and oxygen atoms in total. The predicted octanol–water partition coefficient (Wildman–Crippen LogP) is 3.75. The molecule has 2 fully saturated rings. The van der Waals surface area contributed by atoms with Crippen molar-refractivity contribution in [1.29, 1.82) is 0 Å². The molecule has 2 atom stereocenters. The zero-order valence-electron chi connectivity index (χ0n) is 10.3. The Hall–Kier alpha value is -0.0400. The van der Waals surface area contributed by atoms with Gasteiger partial charge in [0.15, 0.2) is 0 Å². The standard InChI is InChI=1S/C14H26O/c1-11(2)12-6-5-9-14(15,10-12)13-7-3-4-8-13/h11-13,15H,3-10H2,1-2H3. The Morgan fingerprint density at radius 3 is 2.33 bits per heavy atom. The average molecular weight is 210 g/mol. The first-order valence-electron chi connectivity index (χ1n) is 6.84. The highest BCUT2D eigenvalue weighted by Gasteiger charge is 2.42. The molecule has 88 valence electrons. The molecule has 0 aliphatic heterocycles. The van der Waals surface area contributed by atoms with Crippen LogP contribution in [0.25, 0.3) is 0 Å². The van der Waals surface area contributed by atoms with Crippen LogP contribution in [0.1, 0.15) is 65.2 Å². The number of rotatable bonds is 2. The van der Waals surface area contributed by atoms with Crippen molar-refractivity contribution in [3.05, 3.63) is 0 Å². The average Bonchev–Trinajstić information content (AvgIpc) is 2.71. The summed E-state index contributed by atoms with van der Waals surface area (Å²) in [5, 5.41) is 10.8. The van der Waals surface area contributed by atoms with Crippen molar-refractivity contribution in [2.24, 2.45) is 17.8 Å². The molecule has 2 saturated carbocycles. The van der Waals surface area contributed by atoms with Gasteiger partial charge in [0.2, 0.25) is 0 Å². The lowest BCUT2D eigenvalue weighted by molar-refractivity contribution is -0.0694. The first-order chi connectivity index (χ1) is 7.12. The summed E-state index contributed by atoms with van der Waals surface area (Å²) in [5.41, 5.74) is -0.288. The van der Waals surface area contributed by atoms with E-state index < -0.39 is 0 Å². The van der Waals surface area contributed by atoms with Gasteiger partial charge in [0.1, 0.15) is 0 Å². The molecule has 0 aromatic heterocycles. The molecule has 0 aromatic carbocycles. The molecule has 2 aliphatic carbocycles. The first-order valence-corrected chi connectivity index (χ1v) is 6.84. The third-order valence-electron chi connectivity index (χ3n) is 4.86. The Morgan fingerprint density at radius 1 is 1.07 bits per heavy atom. The third-order valence-corrected chi connectivity index (χ3v) is 4.86. The summed E-state index contributed by atoms with van der Waals surface area (Å²) in [6.45, 7) is 4.62. The van der Waals surface area contributed by atoms with Gasteiger partial charge < -0.3 is 5.11 Å². The van der Waals surface area contributed by atoms with Crippen molar-refractivity contribution in [2.45, 2.75) is 70.8 Å². The summed E-state index contributed by atoms with van der Waals surface area (Å²) in [4.78, 5) is 0. The van der Waals surface area contributed by atoms with Crippen LogP contribution in [0.15, 0.2) is 0 Å². The first kappa shape index (κ1) is 11.4. The molecule has 0 heterocycles. The minimum absolute atomic E-state index is 0.288. The Kier molecular flexibility index (Phi) is 3.39. The van der Waals surface area contributed by atoms with E-state index in [1.807, 2.05) is 0 Å². The second-order valence-corrected chi connectivity index (χ2v) is 6.19. The molecule has 0 aromatic rings. The van der Waals surface area contributed by atoms with E-state index in [9.17, 15) is 5.11 Å². The van der Waals surface area contributed by atoms with Crippen LogP contribution in [0.5, 0.6) is 0 Å². The molecule has 2 rings (SSSR count). The fraction of sp³-hybridized carbons (Fsp3) is 1.00. The summed E-state index contributed by atoms with van der Waals surface area (Å²) in [6, 6.07) is 0. The van der Waals surface area contributed by atoms with Crippen molar-refractivity contribution in [1.82, 2.24) is 0 Å². The highest BCUT2D eigenvalue weighted by Crippen LogP contribution is 2.45. The van der Waals surface area contributed by atoms with E-state index in [0.29, 0.717) is 5.92 Å². The molecule has 0 spiro atoms. The van der Waals surface area contributed by atoms with Gasteiger partial charge in [-0.1, -0.05) is 33.1 Å². The second-order valence-electron chi connectivity index (χ2n) is 6.19. The molecule has 0 saturated heterocycles. The quantitative estimate of drug-likeness (QED) is 0.736. The van der Waals surface area contributed by atoms with E-state index in [1.165, 1.54) is 38.5 Å². The lowest BCUT2D eigenvalue weighted by atomic mass is 9.68. The topological polar surface area (TPSA) is 20.2 Å². The van der Waals surface area contributed by atoms with E-state index in [0.717, 1.165) is 24.7 Å². The zero-order chi connectivity index (χ0) is 10.9. The predicted molar refractivity (Wildman–Crippen MR) is 63.7 cm³/mol. The van der Waals surface area contributed by atoms with E-state index in [2.05, 4.69) is 13.8 Å². The summed E-state index contributed by atoms with van der Waals surface area (Å²) < 4.78 is 0. The Labute approximate surface area is 94.3 Å². The van der Waals surface area contributed by atoms with Gasteiger partial charge in [-0.15, -0.1) is 0 Å². The zero-order valence-corrected chi connectivity index (χ0v) is 10.3. The summed E-state index contributed by atoms with van der Waals surface area (Å²) in [7, 11) is 0. The molecule has 0 radical (unpaired) electrons. The van der Waals surface area contributed by atoms with Gasteiger partial charge in [-0.2, -0.15) is 0 Å². The molecule has 2 aliphatic rings. The van der Waals surface area contributed by atoms with Crippen LogP contribution < -0.4 is 0 Å². The number of hydrogen-bond donors (Lipinski definition) is 1. The van der Waals surface area contributed by atoms with Gasteiger partial charge in [0, 0.05) is 0 Å². The van der Waals surface area contributed by atoms with E-state index in [4.69, 9.17) is 0 Å². The van der Waals surface area contributed by atoms with Crippen molar-refractivity contribution in [3.63, 3.8) is 0 Å². The fourth-order valence-electron chi connectivity index (χ4n) is 3.73. The minimum Gasteiger partial charge on any atom is -0.390 e. The molecule has 0 amide bonds. The van der Waals surface area contributed by atoms with Gasteiger partial charge in [0.25, 0.3) is 0 Å². The summed E-state index contributed by atoms with van der Waals surface area (Å²) >= 11 is 0. The van der Waals surface area contributed by atoms with Gasteiger partial charge in [-0.25, -0.2) is 0 Å². The van der Waals surface area contributed by atoms with E-state index in [1.54, 1.807) is 0 Å². The van der Waals surface area contributed by atoms with Crippen LogP contribution in [-0.2, 0) is 0 Å². The lowest BCUT2D eigenvalue weighted by Gasteiger charge is -2.42. The SMILES string of the molecule is CC(C)C1CCCC(O)(C2CCCC2)C1. The summed E-state index contributed by atoms with van der Waals surface area (Å²) in [5.74, 6) is 2.14. The number of hydrogen-bond acceptors (Lipinski definition) is 1. The van der Waals surface area contributed by atoms with Crippen LogP contribution >= 0.6 is 0 Å². The molecule has 1 N–H and O–H groups in total. The highest BCUT2D eigenvalue weighted by atomic mass is 16.3. The molecule has 0 bridgehead atoms. The number of aliphatic hydroxyl groups is 1. The molecule has 2 unspecified atom stereocenters. The molecule has 1 heteroatoms. The third kappa shape index (κ3) is 2.38. The van der Waals surface area contributed by atoms with Crippen LogP contribution in [0.4, 0.5) is 0 Å².